The Morgan fingerprint density at radius 2 is 1.35 bits per heavy atom. The van der Waals surface area contributed by atoms with Crippen LogP contribution in [0.2, 0.25) is 0 Å². The standard InChI is InChI=1S/C33H39NO8S/c1-19(32(37)38)10-26(35)30-15-23-12-21(28(42-4)16-29(23)43-30)8-6-5-7-9-22-13-24-17-34(18-25(24)14-27(22)41-3)31(36)11-20(2)33(39)40/h12-16,19-20H,5-11,17-18H2,1-4H3,(H,37,38)(H,39,40)/t19-,20-/m0/s1. The lowest BCUT2D eigenvalue weighted by Gasteiger charge is -2.16. The van der Waals surface area contributed by atoms with Crippen molar-refractivity contribution in [3.05, 3.63) is 57.5 Å². The van der Waals surface area contributed by atoms with E-state index in [0.717, 1.165) is 75.9 Å². The van der Waals surface area contributed by atoms with Gasteiger partial charge in [-0.15, -0.1) is 11.3 Å². The summed E-state index contributed by atoms with van der Waals surface area (Å²) in [6.45, 7) is 4.03. The largest absolute Gasteiger partial charge is 0.496 e. The van der Waals surface area contributed by atoms with Crippen molar-refractivity contribution < 1.29 is 38.9 Å². The summed E-state index contributed by atoms with van der Waals surface area (Å²) in [6, 6.07) is 9.99. The van der Waals surface area contributed by atoms with E-state index < -0.39 is 23.8 Å². The molecule has 1 aliphatic rings. The van der Waals surface area contributed by atoms with Crippen LogP contribution < -0.4 is 9.47 Å². The second-order valence-corrected chi connectivity index (χ2v) is 12.4. The minimum atomic E-state index is -0.976. The number of carboxylic acid groups (broad SMARTS) is 2. The molecule has 0 saturated carbocycles. The first-order chi connectivity index (χ1) is 20.5. The monoisotopic (exact) mass is 609 g/mol. The van der Waals surface area contributed by atoms with Crippen LogP contribution in [0.15, 0.2) is 30.3 Å². The number of carbonyl (C=O) groups excluding carboxylic acids is 2. The van der Waals surface area contributed by atoms with Crippen LogP contribution in [-0.2, 0) is 40.3 Å². The maximum absolute atomic E-state index is 12.6. The van der Waals surface area contributed by atoms with Crippen LogP contribution in [0.4, 0.5) is 0 Å². The maximum atomic E-state index is 12.6. The summed E-state index contributed by atoms with van der Waals surface area (Å²) in [5.41, 5.74) is 4.29. The van der Waals surface area contributed by atoms with Gasteiger partial charge in [0.05, 0.1) is 30.9 Å². The third kappa shape index (κ3) is 7.73. The molecule has 230 valence electrons. The topological polar surface area (TPSA) is 130 Å². The van der Waals surface area contributed by atoms with Gasteiger partial charge in [-0.25, -0.2) is 0 Å². The number of rotatable bonds is 15. The zero-order valence-electron chi connectivity index (χ0n) is 25.1. The zero-order valence-corrected chi connectivity index (χ0v) is 25.9. The van der Waals surface area contributed by atoms with Crippen molar-refractivity contribution in [2.75, 3.05) is 14.2 Å². The number of benzene rings is 2. The summed E-state index contributed by atoms with van der Waals surface area (Å²) < 4.78 is 12.2. The molecule has 0 aliphatic carbocycles. The summed E-state index contributed by atoms with van der Waals surface area (Å²) in [4.78, 5) is 49.8. The molecule has 2 aromatic carbocycles. The number of carboxylic acids is 2. The molecule has 1 aromatic heterocycles. The van der Waals surface area contributed by atoms with Gasteiger partial charge in [-0.05, 0) is 83.7 Å². The van der Waals surface area contributed by atoms with Crippen molar-refractivity contribution in [2.45, 2.75) is 71.9 Å². The van der Waals surface area contributed by atoms with E-state index in [2.05, 4.69) is 12.1 Å². The molecule has 0 fully saturated rings. The highest BCUT2D eigenvalue weighted by Gasteiger charge is 2.27. The average Bonchev–Trinajstić information content (AvgIpc) is 3.59. The quantitative estimate of drug-likeness (QED) is 0.156. The molecule has 10 heteroatoms. The molecule has 0 bridgehead atoms. The number of hydrogen-bond donors (Lipinski definition) is 2. The molecule has 9 nitrogen and oxygen atoms in total. The van der Waals surface area contributed by atoms with E-state index in [-0.39, 0.29) is 24.5 Å². The van der Waals surface area contributed by atoms with Crippen molar-refractivity contribution in [3.8, 4) is 11.5 Å². The second kappa shape index (κ2) is 14.0. The Kier molecular flexibility index (Phi) is 10.4. The lowest BCUT2D eigenvalue weighted by Crippen LogP contribution is -2.28. The van der Waals surface area contributed by atoms with Gasteiger partial charge in [0.25, 0.3) is 0 Å². The number of Topliss-reactive ketones (excluding diaryl/α,β-unsaturated/α-hetero) is 1. The fourth-order valence-corrected chi connectivity index (χ4v) is 6.45. The molecule has 43 heavy (non-hydrogen) atoms. The van der Waals surface area contributed by atoms with Gasteiger partial charge in [-0.3, -0.25) is 19.2 Å². The molecule has 2 atom stereocenters. The van der Waals surface area contributed by atoms with E-state index in [1.165, 1.54) is 11.3 Å². The number of methoxy groups -OCH3 is 2. The van der Waals surface area contributed by atoms with Crippen molar-refractivity contribution in [1.29, 1.82) is 0 Å². The predicted molar refractivity (Wildman–Crippen MR) is 164 cm³/mol. The fraction of sp³-hybridized carbons (Fsp3) is 0.455. The predicted octanol–water partition coefficient (Wildman–Crippen LogP) is 6.12. The van der Waals surface area contributed by atoms with Gasteiger partial charge in [0.15, 0.2) is 5.78 Å². The molecule has 0 radical (unpaired) electrons. The Labute approximate surface area is 255 Å². The Bertz CT molecular complexity index is 1530. The molecule has 1 aliphatic heterocycles. The molecular weight excluding hydrogens is 570 g/mol. The Balaban J connectivity index is 1.34. The summed E-state index contributed by atoms with van der Waals surface area (Å²) >= 11 is 1.36. The maximum Gasteiger partial charge on any atom is 0.306 e. The smallest absolute Gasteiger partial charge is 0.306 e. The molecule has 4 rings (SSSR count). The van der Waals surface area contributed by atoms with Gasteiger partial charge in [0.2, 0.25) is 5.91 Å². The number of amides is 1. The van der Waals surface area contributed by atoms with Crippen molar-refractivity contribution >= 4 is 45.1 Å². The third-order valence-electron chi connectivity index (χ3n) is 8.08. The number of ether oxygens (including phenoxy) is 2. The average molecular weight is 610 g/mol. The number of carbonyl (C=O) groups is 4. The normalized spacial score (nSPS) is 13.9. The van der Waals surface area contributed by atoms with E-state index in [1.807, 2.05) is 18.2 Å². The molecular formula is C33H39NO8S. The fourth-order valence-electron chi connectivity index (χ4n) is 5.43. The molecule has 0 spiro atoms. The van der Waals surface area contributed by atoms with Crippen molar-refractivity contribution in [1.82, 2.24) is 4.90 Å². The molecule has 0 unspecified atom stereocenters. The van der Waals surface area contributed by atoms with Gasteiger partial charge >= 0.3 is 11.9 Å². The van der Waals surface area contributed by atoms with E-state index in [0.29, 0.717) is 18.0 Å². The number of aryl methyl sites for hydroxylation is 2. The number of hydrogen-bond acceptors (Lipinski definition) is 7. The molecule has 3 aromatic rings. The van der Waals surface area contributed by atoms with Gasteiger partial charge < -0.3 is 24.6 Å². The number of aliphatic carboxylic acids is 2. The van der Waals surface area contributed by atoms with Crippen LogP contribution in [0, 0.1) is 11.8 Å². The zero-order chi connectivity index (χ0) is 31.3. The van der Waals surface area contributed by atoms with Crippen LogP contribution in [0.5, 0.6) is 11.5 Å². The van der Waals surface area contributed by atoms with Gasteiger partial charge in [0, 0.05) is 30.6 Å². The summed E-state index contributed by atoms with van der Waals surface area (Å²) in [5.74, 6) is -2.11. The van der Waals surface area contributed by atoms with Gasteiger partial charge in [-0.1, -0.05) is 20.3 Å². The Morgan fingerprint density at radius 1 is 0.791 bits per heavy atom. The van der Waals surface area contributed by atoms with Crippen LogP contribution in [0.25, 0.3) is 10.1 Å². The summed E-state index contributed by atoms with van der Waals surface area (Å²) in [7, 11) is 3.29. The minimum absolute atomic E-state index is 0.0111. The second-order valence-electron chi connectivity index (χ2n) is 11.4. The number of thiophene rings is 1. The minimum Gasteiger partial charge on any atom is -0.496 e. The van der Waals surface area contributed by atoms with Gasteiger partial charge in [0.1, 0.15) is 11.5 Å². The SMILES string of the molecule is COc1cc2c(cc1CCCCCc1cc3cc(C(=O)C[C@H](C)C(=O)O)sc3cc1OC)CN(C(=O)C[C@H](C)C(=O)O)C2. The number of nitrogens with zero attached hydrogens (tertiary/aromatic N) is 1. The molecule has 1 amide bonds. The number of fused-ring (bicyclic) bond motifs is 2. The Morgan fingerprint density at radius 3 is 1.95 bits per heavy atom. The van der Waals surface area contributed by atoms with Gasteiger partial charge in [-0.2, -0.15) is 0 Å². The number of unbranched alkanes of at least 4 members (excludes halogenated alkanes) is 2. The lowest BCUT2D eigenvalue weighted by molar-refractivity contribution is -0.145. The molecule has 0 saturated heterocycles. The third-order valence-corrected chi connectivity index (χ3v) is 9.22. The first-order valence-electron chi connectivity index (χ1n) is 14.6. The highest BCUT2D eigenvalue weighted by Crippen LogP contribution is 2.35. The van der Waals surface area contributed by atoms with Crippen molar-refractivity contribution in [2.24, 2.45) is 11.8 Å². The van der Waals surface area contributed by atoms with Crippen LogP contribution >= 0.6 is 11.3 Å². The first kappa shape index (κ1) is 32.0. The first-order valence-corrected chi connectivity index (χ1v) is 15.4. The number of ketones is 1. The van der Waals surface area contributed by atoms with Crippen LogP contribution in [0.3, 0.4) is 0 Å². The van der Waals surface area contributed by atoms with Crippen LogP contribution in [0.1, 0.15) is 77.9 Å². The summed E-state index contributed by atoms with van der Waals surface area (Å²) in [6.07, 6.45) is 4.51. The van der Waals surface area contributed by atoms with E-state index in [1.54, 1.807) is 33.0 Å². The van der Waals surface area contributed by atoms with E-state index in [9.17, 15) is 19.2 Å². The molecule has 2 heterocycles. The van der Waals surface area contributed by atoms with E-state index in [4.69, 9.17) is 19.7 Å². The van der Waals surface area contributed by atoms with Crippen LogP contribution in [-0.4, -0.2) is 53.0 Å². The summed E-state index contributed by atoms with van der Waals surface area (Å²) in [5, 5.41) is 19.2. The van der Waals surface area contributed by atoms with Crippen molar-refractivity contribution in [3.63, 3.8) is 0 Å². The molecule has 2 N–H and O–H groups in total. The highest BCUT2D eigenvalue weighted by atomic mass is 32.1. The highest BCUT2D eigenvalue weighted by molar-refractivity contribution is 7.20. The van der Waals surface area contributed by atoms with E-state index >= 15 is 0 Å². The lowest BCUT2D eigenvalue weighted by atomic mass is 9.99. The Hall–Kier alpha value is -3.92.